The second kappa shape index (κ2) is 8.66. The average molecular weight is 441 g/mol. The number of fused-ring (bicyclic) bond motifs is 2. The second-order valence-corrected chi connectivity index (χ2v) is 7.70. The Bertz CT molecular complexity index is 1530. The van der Waals surface area contributed by atoms with E-state index in [9.17, 15) is 14.0 Å². The molecular weight excluding hydrogens is 421 g/mol. The summed E-state index contributed by atoms with van der Waals surface area (Å²) in [4.78, 5) is 29.9. The number of hydrogen-bond donors (Lipinski definition) is 1. The molecule has 164 valence electrons. The van der Waals surface area contributed by atoms with Gasteiger partial charge in [-0.2, -0.15) is 5.10 Å². The van der Waals surface area contributed by atoms with Gasteiger partial charge in [0.05, 0.1) is 19.3 Å². The van der Waals surface area contributed by atoms with Crippen molar-refractivity contribution < 1.29 is 9.18 Å². The molecule has 0 atom stereocenters. The molecule has 0 bridgehead atoms. The number of halogens is 1. The highest BCUT2D eigenvalue weighted by Crippen LogP contribution is 2.18. The molecule has 0 radical (unpaired) electrons. The summed E-state index contributed by atoms with van der Waals surface area (Å²) < 4.78 is 16.5. The molecule has 7 nitrogen and oxygen atoms in total. The summed E-state index contributed by atoms with van der Waals surface area (Å²) in [5, 5.41) is 9.44. The third kappa shape index (κ3) is 4.10. The molecule has 0 fully saturated rings. The van der Waals surface area contributed by atoms with Crippen LogP contribution in [0.15, 0.2) is 84.0 Å². The van der Waals surface area contributed by atoms with E-state index in [1.165, 1.54) is 29.2 Å². The van der Waals surface area contributed by atoms with Crippen LogP contribution < -0.4 is 10.9 Å². The van der Waals surface area contributed by atoms with Gasteiger partial charge in [0.25, 0.3) is 11.5 Å². The van der Waals surface area contributed by atoms with E-state index >= 15 is 0 Å². The van der Waals surface area contributed by atoms with E-state index in [-0.39, 0.29) is 23.8 Å². The third-order valence-electron chi connectivity index (χ3n) is 5.51. The molecule has 0 saturated heterocycles. The molecule has 33 heavy (non-hydrogen) atoms. The first-order chi connectivity index (χ1) is 16.1. The van der Waals surface area contributed by atoms with Crippen molar-refractivity contribution >= 4 is 27.7 Å². The highest BCUT2D eigenvalue weighted by molar-refractivity contribution is 6.06. The lowest BCUT2D eigenvalue weighted by atomic mass is 10.0. The van der Waals surface area contributed by atoms with Gasteiger partial charge in [-0.15, -0.1) is 0 Å². The molecule has 1 N–H and O–H groups in total. The molecule has 0 saturated carbocycles. The lowest BCUT2D eigenvalue weighted by Gasteiger charge is -2.09. The topological polar surface area (TPSA) is 81.8 Å². The molecule has 8 heteroatoms. The Labute approximate surface area is 188 Å². The Hall–Kier alpha value is -4.33. The molecule has 3 aromatic carbocycles. The summed E-state index contributed by atoms with van der Waals surface area (Å²) in [7, 11) is 0. The van der Waals surface area contributed by atoms with Gasteiger partial charge in [-0.3, -0.25) is 14.2 Å². The van der Waals surface area contributed by atoms with Crippen molar-refractivity contribution in [3.05, 3.63) is 107 Å². The van der Waals surface area contributed by atoms with E-state index in [0.717, 1.165) is 10.8 Å². The van der Waals surface area contributed by atoms with Gasteiger partial charge in [-0.05, 0) is 34.5 Å². The molecule has 0 aliphatic carbocycles. The first-order valence-corrected chi connectivity index (χ1v) is 10.5. The lowest BCUT2D eigenvalue weighted by Crippen LogP contribution is -2.28. The summed E-state index contributed by atoms with van der Waals surface area (Å²) in [5.74, 6) is -0.526. The zero-order valence-corrected chi connectivity index (χ0v) is 17.6. The number of benzene rings is 3. The van der Waals surface area contributed by atoms with E-state index in [0.29, 0.717) is 35.2 Å². The maximum atomic E-state index is 13.4. The second-order valence-electron chi connectivity index (χ2n) is 7.70. The fraction of sp³-hybridized carbons (Fsp3) is 0.120. The predicted molar refractivity (Wildman–Crippen MR) is 124 cm³/mol. The molecule has 2 aromatic heterocycles. The van der Waals surface area contributed by atoms with Gasteiger partial charge in [0, 0.05) is 12.1 Å². The van der Waals surface area contributed by atoms with Gasteiger partial charge in [0.2, 0.25) is 0 Å². The minimum absolute atomic E-state index is 0.173. The molecular formula is C25H20FN5O2. The zero-order chi connectivity index (χ0) is 22.8. The summed E-state index contributed by atoms with van der Waals surface area (Å²) in [6, 6.07) is 19.4. The number of carbonyl (C=O) groups is 1. The number of amides is 1. The van der Waals surface area contributed by atoms with Gasteiger partial charge in [-0.1, -0.05) is 48.5 Å². The van der Waals surface area contributed by atoms with Crippen LogP contribution in [0.1, 0.15) is 15.9 Å². The van der Waals surface area contributed by atoms with Crippen molar-refractivity contribution in [2.75, 3.05) is 6.54 Å². The number of carbonyl (C=O) groups excluding carboxylic acids is 1. The molecule has 5 rings (SSSR count). The maximum Gasteiger partial charge on any atom is 0.264 e. The van der Waals surface area contributed by atoms with Crippen LogP contribution in [-0.2, 0) is 13.1 Å². The van der Waals surface area contributed by atoms with Gasteiger partial charge < -0.3 is 5.32 Å². The fourth-order valence-electron chi connectivity index (χ4n) is 3.90. The SMILES string of the molecule is O=C(NCCn1ncc2c(=O)n(Cc3cccc(F)c3)cnc21)c1cccc2ccccc12. The van der Waals surface area contributed by atoms with Gasteiger partial charge >= 0.3 is 0 Å². The van der Waals surface area contributed by atoms with Crippen LogP contribution in [0.5, 0.6) is 0 Å². The van der Waals surface area contributed by atoms with Crippen LogP contribution >= 0.6 is 0 Å². The molecule has 0 unspecified atom stereocenters. The van der Waals surface area contributed by atoms with E-state index in [2.05, 4.69) is 15.4 Å². The summed E-state index contributed by atoms with van der Waals surface area (Å²) >= 11 is 0. The standard InChI is InChI=1S/C25H20FN5O2/c26-19-8-3-5-17(13-19)15-30-16-28-23-22(25(30)33)14-29-31(23)12-11-27-24(32)21-10-4-7-18-6-1-2-9-20(18)21/h1-10,13-14,16H,11-12,15H2,(H,27,32). The van der Waals surface area contributed by atoms with Crippen LogP contribution in [0.25, 0.3) is 21.8 Å². The lowest BCUT2D eigenvalue weighted by molar-refractivity contribution is 0.0953. The van der Waals surface area contributed by atoms with Crippen molar-refractivity contribution in [2.24, 2.45) is 0 Å². The smallest absolute Gasteiger partial charge is 0.264 e. The summed E-state index contributed by atoms with van der Waals surface area (Å²) in [6.07, 6.45) is 2.90. The zero-order valence-electron chi connectivity index (χ0n) is 17.6. The Kier molecular flexibility index (Phi) is 5.40. The molecule has 0 aliphatic heterocycles. The Morgan fingerprint density at radius 3 is 2.70 bits per heavy atom. The first-order valence-electron chi connectivity index (χ1n) is 10.5. The predicted octanol–water partition coefficient (Wildman–Crippen LogP) is 3.36. The van der Waals surface area contributed by atoms with Crippen molar-refractivity contribution in [3.8, 4) is 0 Å². The fourth-order valence-corrected chi connectivity index (χ4v) is 3.90. The van der Waals surface area contributed by atoms with Crippen LogP contribution in [-0.4, -0.2) is 31.8 Å². The molecule has 5 aromatic rings. The van der Waals surface area contributed by atoms with Crippen LogP contribution in [0.2, 0.25) is 0 Å². The number of rotatable bonds is 6. The van der Waals surface area contributed by atoms with E-state index in [4.69, 9.17) is 0 Å². The van der Waals surface area contributed by atoms with E-state index < -0.39 is 0 Å². The highest BCUT2D eigenvalue weighted by Gasteiger charge is 2.12. The quantitative estimate of drug-likeness (QED) is 0.438. The third-order valence-corrected chi connectivity index (χ3v) is 5.51. The Balaban J connectivity index is 1.30. The highest BCUT2D eigenvalue weighted by atomic mass is 19.1. The minimum atomic E-state index is -0.354. The Morgan fingerprint density at radius 1 is 1.00 bits per heavy atom. The van der Waals surface area contributed by atoms with Crippen LogP contribution in [0.3, 0.4) is 0 Å². The van der Waals surface area contributed by atoms with Crippen LogP contribution in [0, 0.1) is 5.82 Å². The van der Waals surface area contributed by atoms with Crippen molar-refractivity contribution in [1.82, 2.24) is 24.6 Å². The molecule has 0 spiro atoms. The minimum Gasteiger partial charge on any atom is -0.350 e. The van der Waals surface area contributed by atoms with E-state index in [1.807, 2.05) is 36.4 Å². The number of nitrogens with zero attached hydrogens (tertiary/aromatic N) is 4. The number of aromatic nitrogens is 4. The van der Waals surface area contributed by atoms with Crippen molar-refractivity contribution in [3.63, 3.8) is 0 Å². The van der Waals surface area contributed by atoms with Gasteiger partial charge in [0.1, 0.15) is 17.5 Å². The molecule has 2 heterocycles. The Morgan fingerprint density at radius 2 is 1.82 bits per heavy atom. The van der Waals surface area contributed by atoms with Gasteiger partial charge in [0.15, 0.2) is 5.65 Å². The maximum absolute atomic E-state index is 13.4. The summed E-state index contributed by atoms with van der Waals surface area (Å²) in [6.45, 7) is 0.902. The van der Waals surface area contributed by atoms with Crippen LogP contribution in [0.4, 0.5) is 4.39 Å². The molecule has 1 amide bonds. The van der Waals surface area contributed by atoms with Crippen molar-refractivity contribution in [2.45, 2.75) is 13.1 Å². The largest absolute Gasteiger partial charge is 0.350 e. The summed E-state index contributed by atoms with van der Waals surface area (Å²) in [5.41, 5.74) is 1.46. The van der Waals surface area contributed by atoms with E-state index in [1.54, 1.807) is 22.9 Å². The van der Waals surface area contributed by atoms with Gasteiger partial charge in [-0.25, -0.2) is 14.1 Å². The number of nitrogens with one attached hydrogen (secondary N) is 1. The van der Waals surface area contributed by atoms with Crippen molar-refractivity contribution in [1.29, 1.82) is 0 Å². The molecule has 0 aliphatic rings. The average Bonchev–Trinajstić information content (AvgIpc) is 3.24. The normalized spacial score (nSPS) is 11.2. The number of hydrogen-bond acceptors (Lipinski definition) is 4. The monoisotopic (exact) mass is 441 g/mol. The first kappa shape index (κ1) is 20.6.